The molecule has 2 heterocycles. The fourth-order valence-electron chi connectivity index (χ4n) is 2.06. The third-order valence-electron chi connectivity index (χ3n) is 3.24. The molecule has 0 radical (unpaired) electrons. The Morgan fingerprint density at radius 3 is 2.69 bits per heavy atom. The third kappa shape index (κ3) is 4.42. The van der Waals surface area contributed by atoms with Crippen LogP contribution < -0.4 is 10.6 Å². The van der Waals surface area contributed by atoms with Gasteiger partial charge in [0.25, 0.3) is 5.91 Å². The number of hydrogen-bond acceptors (Lipinski definition) is 4. The monoisotopic (exact) mass is 469 g/mol. The molecule has 0 atom stereocenters. The zero-order chi connectivity index (χ0) is 18.7. The summed E-state index contributed by atoms with van der Waals surface area (Å²) < 4.78 is 6.40. The van der Waals surface area contributed by atoms with Gasteiger partial charge in [0.15, 0.2) is 10.9 Å². The maximum atomic E-state index is 12.3. The second kappa shape index (κ2) is 8.18. The van der Waals surface area contributed by atoms with Crippen molar-refractivity contribution < 1.29 is 9.21 Å². The first-order chi connectivity index (χ1) is 12.4. The molecule has 0 aliphatic carbocycles. The first kappa shape index (κ1) is 18.8. The summed E-state index contributed by atoms with van der Waals surface area (Å²) in [5.41, 5.74) is 0.595. The second-order valence-corrected chi connectivity index (χ2v) is 7.14. The highest BCUT2D eigenvalue weighted by atomic mass is 79.9. The average molecular weight is 471 g/mol. The lowest BCUT2D eigenvalue weighted by Gasteiger charge is -2.07. The van der Waals surface area contributed by atoms with E-state index in [1.807, 2.05) is 0 Å². The Kier molecular flexibility index (Phi) is 5.93. The predicted octanol–water partition coefficient (Wildman–Crippen LogP) is 5.54. The van der Waals surface area contributed by atoms with Crippen LogP contribution in [0.1, 0.15) is 10.6 Å². The number of rotatable bonds is 3. The highest BCUT2D eigenvalue weighted by Gasteiger charge is 2.16. The number of nitrogens with zero attached hydrogens (tertiary/aromatic N) is 1. The molecule has 3 rings (SSSR count). The minimum absolute atomic E-state index is 0.0870. The number of anilines is 1. The molecule has 0 saturated heterocycles. The van der Waals surface area contributed by atoms with E-state index in [0.29, 0.717) is 27.2 Å². The number of thiocarbonyl (C=S) groups is 1. The van der Waals surface area contributed by atoms with E-state index in [9.17, 15) is 4.79 Å². The van der Waals surface area contributed by atoms with Gasteiger partial charge in [-0.25, -0.2) is 4.98 Å². The lowest BCUT2D eigenvalue weighted by atomic mass is 10.2. The van der Waals surface area contributed by atoms with Crippen molar-refractivity contribution in [3.8, 4) is 11.3 Å². The van der Waals surface area contributed by atoms with E-state index in [1.165, 1.54) is 6.07 Å². The molecule has 26 heavy (non-hydrogen) atoms. The number of nitrogens with one attached hydrogen (secondary N) is 2. The fraction of sp³-hybridized carbons (Fsp3) is 0. The topological polar surface area (TPSA) is 67.2 Å². The van der Waals surface area contributed by atoms with Crippen LogP contribution in [0, 0.1) is 0 Å². The van der Waals surface area contributed by atoms with Gasteiger partial charge in [0.1, 0.15) is 11.6 Å². The van der Waals surface area contributed by atoms with Crippen LogP contribution in [-0.4, -0.2) is 16.0 Å². The number of amides is 1. The molecule has 0 aliphatic heterocycles. The average Bonchev–Trinajstić information content (AvgIpc) is 3.09. The molecule has 1 aromatic carbocycles. The van der Waals surface area contributed by atoms with Crippen LogP contribution in [0.2, 0.25) is 10.0 Å². The Labute approximate surface area is 172 Å². The van der Waals surface area contributed by atoms with Gasteiger partial charge in [-0.15, -0.1) is 0 Å². The van der Waals surface area contributed by atoms with E-state index in [1.54, 1.807) is 42.6 Å². The van der Waals surface area contributed by atoms with Crippen LogP contribution in [0.4, 0.5) is 5.82 Å². The van der Waals surface area contributed by atoms with Crippen molar-refractivity contribution in [1.82, 2.24) is 10.3 Å². The highest BCUT2D eigenvalue weighted by Crippen LogP contribution is 2.34. The van der Waals surface area contributed by atoms with Crippen LogP contribution in [0.15, 0.2) is 57.6 Å². The van der Waals surface area contributed by atoms with E-state index >= 15 is 0 Å². The van der Waals surface area contributed by atoms with Crippen molar-refractivity contribution in [2.24, 2.45) is 0 Å². The zero-order valence-electron chi connectivity index (χ0n) is 12.9. The van der Waals surface area contributed by atoms with Gasteiger partial charge in [-0.3, -0.25) is 10.1 Å². The Morgan fingerprint density at radius 2 is 1.96 bits per heavy atom. The quantitative estimate of drug-likeness (QED) is 0.492. The number of hydrogen-bond donors (Lipinski definition) is 2. The molecule has 0 spiro atoms. The third-order valence-corrected chi connectivity index (χ3v) is 4.74. The summed E-state index contributed by atoms with van der Waals surface area (Å²) in [6.45, 7) is 0. The SMILES string of the molecule is O=C(NC(=S)Nc1ccc(Br)cn1)c1ccc(-c2cccc(Cl)c2Cl)o1. The number of furan rings is 1. The van der Waals surface area contributed by atoms with Gasteiger partial charge in [-0.2, -0.15) is 0 Å². The van der Waals surface area contributed by atoms with Crippen molar-refractivity contribution in [2.45, 2.75) is 0 Å². The molecule has 0 fully saturated rings. The summed E-state index contributed by atoms with van der Waals surface area (Å²) in [4.78, 5) is 16.4. The standard InChI is InChI=1S/C17H10BrCl2N3O2S/c18-9-4-7-14(21-8-9)22-17(26)23-16(24)13-6-5-12(25-13)10-2-1-3-11(19)15(10)20/h1-8H,(H2,21,22,23,24,26). The molecule has 3 aromatic rings. The van der Waals surface area contributed by atoms with Crippen LogP contribution in [0.3, 0.4) is 0 Å². The first-order valence-corrected chi connectivity index (χ1v) is 9.18. The molecule has 0 bridgehead atoms. The molecule has 132 valence electrons. The van der Waals surface area contributed by atoms with E-state index in [0.717, 1.165) is 4.47 Å². The van der Waals surface area contributed by atoms with Gasteiger partial charge in [-0.1, -0.05) is 29.3 Å². The predicted molar refractivity (Wildman–Crippen MR) is 110 cm³/mol. The summed E-state index contributed by atoms with van der Waals surface area (Å²) in [5.74, 6) is 0.522. The summed E-state index contributed by atoms with van der Waals surface area (Å²) in [6.07, 6.45) is 1.61. The largest absolute Gasteiger partial charge is 0.451 e. The molecule has 0 saturated carbocycles. The molecule has 0 aliphatic rings. The highest BCUT2D eigenvalue weighted by molar-refractivity contribution is 9.10. The minimum Gasteiger partial charge on any atom is -0.451 e. The molecule has 2 N–H and O–H groups in total. The van der Waals surface area contributed by atoms with Gasteiger partial charge in [-0.05, 0) is 64.5 Å². The number of halogens is 3. The molecular weight excluding hydrogens is 461 g/mol. The van der Waals surface area contributed by atoms with E-state index < -0.39 is 5.91 Å². The van der Waals surface area contributed by atoms with Crippen molar-refractivity contribution in [3.63, 3.8) is 0 Å². The zero-order valence-corrected chi connectivity index (χ0v) is 16.8. The van der Waals surface area contributed by atoms with Gasteiger partial charge in [0.2, 0.25) is 0 Å². The van der Waals surface area contributed by atoms with Gasteiger partial charge in [0.05, 0.1) is 10.0 Å². The minimum atomic E-state index is -0.496. The van der Waals surface area contributed by atoms with Crippen molar-refractivity contribution in [3.05, 3.63) is 68.9 Å². The Bertz CT molecular complexity index is 976. The van der Waals surface area contributed by atoms with E-state index in [2.05, 4.69) is 31.5 Å². The number of pyridine rings is 1. The van der Waals surface area contributed by atoms with Gasteiger partial charge in [0, 0.05) is 16.2 Å². The van der Waals surface area contributed by atoms with Crippen LogP contribution in [0.25, 0.3) is 11.3 Å². The van der Waals surface area contributed by atoms with Gasteiger partial charge < -0.3 is 9.73 Å². The lowest BCUT2D eigenvalue weighted by molar-refractivity contribution is 0.0951. The number of aromatic nitrogens is 1. The Hall–Kier alpha value is -1.93. The van der Waals surface area contributed by atoms with Crippen LogP contribution >= 0.6 is 51.3 Å². The van der Waals surface area contributed by atoms with Crippen molar-refractivity contribution >= 4 is 68.2 Å². The smallest absolute Gasteiger partial charge is 0.293 e. The van der Waals surface area contributed by atoms with E-state index in [-0.39, 0.29) is 10.9 Å². The molecule has 2 aromatic heterocycles. The molecule has 9 heteroatoms. The van der Waals surface area contributed by atoms with Crippen molar-refractivity contribution in [1.29, 1.82) is 0 Å². The maximum absolute atomic E-state index is 12.3. The number of carbonyl (C=O) groups is 1. The molecule has 0 unspecified atom stereocenters. The Balaban J connectivity index is 1.69. The molecule has 1 amide bonds. The van der Waals surface area contributed by atoms with E-state index in [4.69, 9.17) is 39.8 Å². The van der Waals surface area contributed by atoms with Gasteiger partial charge >= 0.3 is 0 Å². The normalized spacial score (nSPS) is 10.4. The summed E-state index contributed by atoms with van der Waals surface area (Å²) in [6, 6.07) is 11.9. The first-order valence-electron chi connectivity index (χ1n) is 7.22. The number of carbonyl (C=O) groups excluding carboxylic acids is 1. The fourth-order valence-corrected chi connectivity index (χ4v) is 2.89. The van der Waals surface area contributed by atoms with Crippen LogP contribution in [-0.2, 0) is 0 Å². The van der Waals surface area contributed by atoms with Crippen molar-refractivity contribution in [2.75, 3.05) is 5.32 Å². The lowest BCUT2D eigenvalue weighted by Crippen LogP contribution is -2.34. The summed E-state index contributed by atoms with van der Waals surface area (Å²) in [5, 5.41) is 6.20. The van der Waals surface area contributed by atoms with Crippen LogP contribution in [0.5, 0.6) is 0 Å². The maximum Gasteiger partial charge on any atom is 0.293 e. The number of benzene rings is 1. The molecule has 5 nitrogen and oxygen atoms in total. The summed E-state index contributed by atoms with van der Waals surface area (Å²) in [7, 11) is 0. The Morgan fingerprint density at radius 1 is 1.15 bits per heavy atom. The second-order valence-electron chi connectivity index (χ2n) is 5.04. The summed E-state index contributed by atoms with van der Waals surface area (Å²) >= 11 is 20.6. The molecular formula is C17H10BrCl2N3O2S.